The molecule has 2 N–H and O–H groups in total. The van der Waals surface area contributed by atoms with E-state index in [1.165, 1.54) is 0 Å². The van der Waals surface area contributed by atoms with Gasteiger partial charge in [-0.3, -0.25) is 9.59 Å². The van der Waals surface area contributed by atoms with E-state index in [0.717, 1.165) is 43.4 Å². The largest absolute Gasteiger partial charge is 0.481 e. The Hall–Kier alpha value is -1.84. The van der Waals surface area contributed by atoms with E-state index in [9.17, 15) is 9.59 Å². The van der Waals surface area contributed by atoms with Crippen LogP contribution in [-0.2, 0) is 16.0 Å². The molecule has 1 amide bonds. The summed E-state index contributed by atoms with van der Waals surface area (Å²) in [5, 5.41) is 11.7. The summed E-state index contributed by atoms with van der Waals surface area (Å²) < 4.78 is 0. The van der Waals surface area contributed by atoms with Crippen LogP contribution in [-0.4, -0.2) is 17.0 Å². The van der Waals surface area contributed by atoms with E-state index in [2.05, 4.69) is 12.2 Å². The fourth-order valence-electron chi connectivity index (χ4n) is 2.94. The number of benzene rings is 1. The van der Waals surface area contributed by atoms with Crippen molar-refractivity contribution < 1.29 is 14.7 Å². The second-order valence-electron chi connectivity index (χ2n) is 5.56. The molecule has 0 aromatic heterocycles. The molecule has 0 radical (unpaired) electrons. The number of nitrogens with one attached hydrogen (secondary N) is 1. The zero-order chi connectivity index (χ0) is 14.6. The number of anilines is 1. The first-order valence-electron chi connectivity index (χ1n) is 7.18. The Morgan fingerprint density at radius 2 is 1.80 bits per heavy atom. The lowest BCUT2D eigenvalue weighted by molar-refractivity contribution is -0.136. The standard InChI is InChI=1S/C16H21NO3/c1-2-16(9-3-4-10-16)15(20)17-13-7-5-12(6-8-13)11-14(18)19/h5-8H,2-4,9-11H2,1H3,(H,17,20)(H,18,19). The van der Waals surface area contributed by atoms with Gasteiger partial charge in [-0.05, 0) is 37.0 Å². The van der Waals surface area contributed by atoms with E-state index < -0.39 is 5.97 Å². The van der Waals surface area contributed by atoms with Crippen molar-refractivity contribution in [2.45, 2.75) is 45.4 Å². The third-order valence-electron chi connectivity index (χ3n) is 4.29. The SMILES string of the molecule is CCC1(C(=O)Nc2ccc(CC(=O)O)cc2)CCCC1. The van der Waals surface area contributed by atoms with Crippen LogP contribution in [0.25, 0.3) is 0 Å². The van der Waals surface area contributed by atoms with Crippen LogP contribution in [0.1, 0.15) is 44.6 Å². The summed E-state index contributed by atoms with van der Waals surface area (Å²) >= 11 is 0. The summed E-state index contributed by atoms with van der Waals surface area (Å²) in [7, 11) is 0. The summed E-state index contributed by atoms with van der Waals surface area (Å²) in [6.07, 6.45) is 5.06. The number of hydrogen-bond donors (Lipinski definition) is 2. The Morgan fingerprint density at radius 1 is 1.20 bits per heavy atom. The molecule has 1 saturated carbocycles. The van der Waals surface area contributed by atoms with E-state index in [1.807, 2.05) is 0 Å². The molecule has 4 heteroatoms. The minimum absolute atomic E-state index is 0.00707. The highest BCUT2D eigenvalue weighted by molar-refractivity contribution is 5.95. The average Bonchev–Trinajstić information content (AvgIpc) is 2.90. The van der Waals surface area contributed by atoms with E-state index in [4.69, 9.17) is 5.11 Å². The highest BCUT2D eigenvalue weighted by Gasteiger charge is 2.39. The molecular formula is C16H21NO3. The van der Waals surface area contributed by atoms with E-state index in [-0.39, 0.29) is 17.7 Å². The highest BCUT2D eigenvalue weighted by Crippen LogP contribution is 2.41. The number of amides is 1. The third-order valence-corrected chi connectivity index (χ3v) is 4.29. The predicted octanol–water partition coefficient (Wildman–Crippen LogP) is 3.22. The summed E-state index contributed by atoms with van der Waals surface area (Å²) in [5.41, 5.74) is 1.27. The normalized spacial score (nSPS) is 16.9. The minimum Gasteiger partial charge on any atom is -0.481 e. The number of rotatable bonds is 5. The van der Waals surface area contributed by atoms with Crippen molar-refractivity contribution in [2.24, 2.45) is 5.41 Å². The maximum Gasteiger partial charge on any atom is 0.307 e. The molecule has 0 spiro atoms. The maximum atomic E-state index is 12.4. The van der Waals surface area contributed by atoms with Gasteiger partial charge in [0.1, 0.15) is 0 Å². The third kappa shape index (κ3) is 3.18. The summed E-state index contributed by atoms with van der Waals surface area (Å²) in [4.78, 5) is 23.0. The molecule has 1 aromatic rings. The van der Waals surface area contributed by atoms with Gasteiger partial charge in [-0.15, -0.1) is 0 Å². The molecule has 4 nitrogen and oxygen atoms in total. The van der Waals surface area contributed by atoms with Crippen LogP contribution >= 0.6 is 0 Å². The Balaban J connectivity index is 2.02. The van der Waals surface area contributed by atoms with Crippen molar-refractivity contribution in [3.05, 3.63) is 29.8 Å². The van der Waals surface area contributed by atoms with Gasteiger partial charge in [-0.25, -0.2) is 0 Å². The Bertz CT molecular complexity index is 487. The minimum atomic E-state index is -0.849. The lowest BCUT2D eigenvalue weighted by atomic mass is 9.82. The molecule has 0 unspecified atom stereocenters. The Labute approximate surface area is 119 Å². The van der Waals surface area contributed by atoms with E-state index in [1.54, 1.807) is 24.3 Å². The van der Waals surface area contributed by atoms with Crippen LogP contribution in [0, 0.1) is 5.41 Å². The number of carboxylic acid groups (broad SMARTS) is 1. The second-order valence-corrected chi connectivity index (χ2v) is 5.56. The first-order chi connectivity index (χ1) is 9.55. The van der Waals surface area contributed by atoms with Gasteiger partial charge in [-0.1, -0.05) is 31.9 Å². The molecule has 0 aliphatic heterocycles. The molecule has 1 fully saturated rings. The summed E-state index contributed by atoms with van der Waals surface area (Å²) in [5.74, 6) is -0.749. The lowest BCUT2D eigenvalue weighted by Gasteiger charge is -2.26. The van der Waals surface area contributed by atoms with Gasteiger partial charge >= 0.3 is 5.97 Å². The first kappa shape index (κ1) is 14.6. The monoisotopic (exact) mass is 275 g/mol. The van der Waals surface area contributed by atoms with Crippen LogP contribution in [0.4, 0.5) is 5.69 Å². The predicted molar refractivity (Wildman–Crippen MR) is 77.6 cm³/mol. The fraction of sp³-hybridized carbons (Fsp3) is 0.500. The van der Waals surface area contributed by atoms with Gasteiger partial charge in [0, 0.05) is 11.1 Å². The Morgan fingerprint density at radius 3 is 2.30 bits per heavy atom. The number of carbonyl (C=O) groups excluding carboxylic acids is 1. The summed E-state index contributed by atoms with van der Waals surface area (Å²) in [6.45, 7) is 2.07. The average molecular weight is 275 g/mol. The van der Waals surface area contributed by atoms with Gasteiger partial charge in [0.25, 0.3) is 0 Å². The maximum absolute atomic E-state index is 12.4. The van der Waals surface area contributed by atoms with Crippen LogP contribution in [0.2, 0.25) is 0 Å². The molecule has 1 aliphatic rings. The molecule has 108 valence electrons. The first-order valence-corrected chi connectivity index (χ1v) is 7.18. The molecule has 0 bridgehead atoms. The number of hydrogen-bond acceptors (Lipinski definition) is 2. The Kier molecular flexibility index (Phi) is 4.42. The quantitative estimate of drug-likeness (QED) is 0.867. The molecule has 0 heterocycles. The van der Waals surface area contributed by atoms with Crippen LogP contribution in [0.5, 0.6) is 0 Å². The molecule has 1 aliphatic carbocycles. The zero-order valence-electron chi connectivity index (χ0n) is 11.8. The van der Waals surface area contributed by atoms with E-state index in [0.29, 0.717) is 0 Å². The van der Waals surface area contributed by atoms with Crippen molar-refractivity contribution in [3.63, 3.8) is 0 Å². The van der Waals surface area contributed by atoms with Crippen molar-refractivity contribution >= 4 is 17.6 Å². The molecule has 1 aromatic carbocycles. The highest BCUT2D eigenvalue weighted by atomic mass is 16.4. The van der Waals surface area contributed by atoms with Gasteiger partial charge < -0.3 is 10.4 Å². The van der Waals surface area contributed by atoms with Crippen LogP contribution < -0.4 is 5.32 Å². The molecular weight excluding hydrogens is 254 g/mol. The van der Waals surface area contributed by atoms with Crippen molar-refractivity contribution in [2.75, 3.05) is 5.32 Å². The molecule has 20 heavy (non-hydrogen) atoms. The topological polar surface area (TPSA) is 66.4 Å². The number of carbonyl (C=O) groups is 2. The number of aliphatic carboxylic acids is 1. The van der Waals surface area contributed by atoms with Gasteiger partial charge in [0.15, 0.2) is 0 Å². The zero-order valence-corrected chi connectivity index (χ0v) is 11.8. The van der Waals surface area contributed by atoms with Gasteiger partial charge in [-0.2, -0.15) is 0 Å². The van der Waals surface area contributed by atoms with E-state index >= 15 is 0 Å². The number of carboxylic acids is 1. The van der Waals surface area contributed by atoms with Crippen LogP contribution in [0.3, 0.4) is 0 Å². The second kappa shape index (κ2) is 6.07. The van der Waals surface area contributed by atoms with Gasteiger partial charge in [0.05, 0.1) is 6.42 Å². The van der Waals surface area contributed by atoms with Crippen molar-refractivity contribution in [1.82, 2.24) is 0 Å². The van der Waals surface area contributed by atoms with Crippen molar-refractivity contribution in [1.29, 1.82) is 0 Å². The molecule has 2 rings (SSSR count). The van der Waals surface area contributed by atoms with Crippen molar-refractivity contribution in [3.8, 4) is 0 Å². The molecule has 0 saturated heterocycles. The molecule has 0 atom stereocenters. The van der Waals surface area contributed by atoms with Gasteiger partial charge in [0.2, 0.25) is 5.91 Å². The summed E-state index contributed by atoms with van der Waals surface area (Å²) in [6, 6.07) is 7.04. The smallest absolute Gasteiger partial charge is 0.307 e. The van der Waals surface area contributed by atoms with Crippen LogP contribution in [0.15, 0.2) is 24.3 Å². The fourth-order valence-corrected chi connectivity index (χ4v) is 2.94. The lowest BCUT2D eigenvalue weighted by Crippen LogP contribution is -2.33.